The molecular weight excluding hydrogens is 267 g/mol. The Balaban J connectivity index is 1.65. The van der Waals surface area contributed by atoms with E-state index in [4.69, 9.17) is 4.52 Å². The van der Waals surface area contributed by atoms with E-state index in [2.05, 4.69) is 20.4 Å². The summed E-state index contributed by atoms with van der Waals surface area (Å²) < 4.78 is 18.9. The lowest BCUT2D eigenvalue weighted by Crippen LogP contribution is -2.04. The minimum absolute atomic E-state index is 0.246. The number of hydrogen-bond donors (Lipinski definition) is 1. The number of rotatable bonds is 4. The van der Waals surface area contributed by atoms with E-state index in [-0.39, 0.29) is 5.82 Å². The van der Waals surface area contributed by atoms with E-state index in [0.29, 0.717) is 24.7 Å². The van der Waals surface area contributed by atoms with Gasteiger partial charge in [0.1, 0.15) is 5.82 Å². The van der Waals surface area contributed by atoms with Gasteiger partial charge in [-0.15, -0.1) is 0 Å². The number of hydrogen-bond acceptors (Lipinski definition) is 6. The van der Waals surface area contributed by atoms with Gasteiger partial charge in [0.2, 0.25) is 5.89 Å². The topological polar surface area (TPSA) is 63.8 Å². The van der Waals surface area contributed by atoms with Crippen LogP contribution in [0.15, 0.2) is 22.7 Å². The highest BCUT2D eigenvalue weighted by atomic mass is 32.1. The summed E-state index contributed by atoms with van der Waals surface area (Å²) >= 11 is 1.42. The molecule has 1 aromatic carbocycles. The van der Waals surface area contributed by atoms with Gasteiger partial charge < -0.3 is 9.84 Å². The quantitative estimate of drug-likeness (QED) is 0.795. The second-order valence-corrected chi connectivity index (χ2v) is 5.07. The highest BCUT2D eigenvalue weighted by Gasteiger charge is 2.06. The normalized spacial score (nSPS) is 11.1. The Kier molecular flexibility index (Phi) is 3.12. The Morgan fingerprint density at radius 2 is 2.26 bits per heavy atom. The van der Waals surface area contributed by atoms with Crippen LogP contribution < -0.4 is 5.32 Å². The molecule has 0 fully saturated rings. The molecule has 7 heteroatoms. The molecular formula is C12H11FN4OS. The number of aryl methyl sites for hydroxylation is 1. The SMILES string of the molecule is Cc1noc(CCNc2nc3ccc(F)cc3s2)n1. The fourth-order valence-corrected chi connectivity index (χ4v) is 2.61. The molecule has 5 nitrogen and oxygen atoms in total. The average Bonchev–Trinajstić information content (AvgIpc) is 2.95. The minimum atomic E-state index is -0.246. The van der Waals surface area contributed by atoms with Crippen molar-refractivity contribution in [1.82, 2.24) is 15.1 Å². The third kappa shape index (κ3) is 2.70. The molecule has 0 aliphatic carbocycles. The van der Waals surface area contributed by atoms with Gasteiger partial charge in [-0.25, -0.2) is 9.37 Å². The fraction of sp³-hybridized carbons (Fsp3) is 0.250. The Morgan fingerprint density at radius 1 is 1.37 bits per heavy atom. The van der Waals surface area contributed by atoms with Crippen LogP contribution in [0, 0.1) is 12.7 Å². The molecule has 3 rings (SSSR count). The first-order valence-corrected chi connectivity index (χ1v) is 6.61. The van der Waals surface area contributed by atoms with Gasteiger partial charge in [-0.1, -0.05) is 16.5 Å². The van der Waals surface area contributed by atoms with Crippen molar-refractivity contribution in [3.8, 4) is 0 Å². The van der Waals surface area contributed by atoms with E-state index >= 15 is 0 Å². The number of aromatic nitrogens is 3. The third-order valence-electron chi connectivity index (χ3n) is 2.54. The standard InChI is InChI=1S/C12H11FN4OS/c1-7-15-11(18-17-7)4-5-14-12-16-9-3-2-8(13)6-10(9)19-12/h2-3,6H,4-5H2,1H3,(H,14,16). The number of anilines is 1. The van der Waals surface area contributed by atoms with Gasteiger partial charge in [0.15, 0.2) is 11.0 Å². The number of thiazole rings is 1. The van der Waals surface area contributed by atoms with Crippen molar-refractivity contribution in [3.63, 3.8) is 0 Å². The molecule has 0 unspecified atom stereocenters. The van der Waals surface area contributed by atoms with Crippen LogP contribution in [0.4, 0.5) is 9.52 Å². The van der Waals surface area contributed by atoms with Crippen molar-refractivity contribution >= 4 is 26.7 Å². The Hall–Kier alpha value is -2.02. The van der Waals surface area contributed by atoms with Crippen LogP contribution >= 0.6 is 11.3 Å². The van der Waals surface area contributed by atoms with Crippen LogP contribution in [0.1, 0.15) is 11.7 Å². The molecule has 0 aliphatic heterocycles. The molecule has 1 N–H and O–H groups in total. The Labute approximate surface area is 112 Å². The number of halogens is 1. The van der Waals surface area contributed by atoms with Gasteiger partial charge in [-0.05, 0) is 25.1 Å². The second-order valence-electron chi connectivity index (χ2n) is 4.04. The summed E-state index contributed by atoms with van der Waals surface area (Å²) in [6.45, 7) is 2.42. The van der Waals surface area contributed by atoms with Crippen molar-refractivity contribution in [3.05, 3.63) is 35.7 Å². The molecule has 0 radical (unpaired) electrons. The summed E-state index contributed by atoms with van der Waals surface area (Å²) in [5.41, 5.74) is 0.794. The highest BCUT2D eigenvalue weighted by Crippen LogP contribution is 2.26. The van der Waals surface area contributed by atoms with Crippen molar-refractivity contribution < 1.29 is 8.91 Å². The maximum atomic E-state index is 13.1. The third-order valence-corrected chi connectivity index (χ3v) is 3.51. The van der Waals surface area contributed by atoms with E-state index < -0.39 is 0 Å². The van der Waals surface area contributed by atoms with Crippen molar-refractivity contribution in [2.75, 3.05) is 11.9 Å². The van der Waals surface area contributed by atoms with Crippen LogP contribution in [0.2, 0.25) is 0 Å². The zero-order valence-electron chi connectivity index (χ0n) is 10.2. The first-order valence-electron chi connectivity index (χ1n) is 5.80. The monoisotopic (exact) mass is 278 g/mol. The molecule has 3 aromatic rings. The smallest absolute Gasteiger partial charge is 0.228 e. The van der Waals surface area contributed by atoms with Gasteiger partial charge in [-0.3, -0.25) is 0 Å². The summed E-state index contributed by atoms with van der Waals surface area (Å²) in [7, 11) is 0. The van der Waals surface area contributed by atoms with Gasteiger partial charge in [0.05, 0.1) is 10.2 Å². The summed E-state index contributed by atoms with van der Waals surface area (Å²) in [4.78, 5) is 8.48. The average molecular weight is 278 g/mol. The molecule has 19 heavy (non-hydrogen) atoms. The van der Waals surface area contributed by atoms with Crippen molar-refractivity contribution in [2.24, 2.45) is 0 Å². The molecule has 2 aromatic heterocycles. The molecule has 0 saturated carbocycles. The number of benzene rings is 1. The molecule has 0 amide bonds. The van der Waals surface area contributed by atoms with E-state index in [9.17, 15) is 4.39 Å². The highest BCUT2D eigenvalue weighted by molar-refractivity contribution is 7.22. The Morgan fingerprint density at radius 3 is 3.05 bits per heavy atom. The summed E-state index contributed by atoms with van der Waals surface area (Å²) in [5, 5.41) is 7.65. The van der Waals surface area contributed by atoms with Crippen LogP contribution in [-0.2, 0) is 6.42 Å². The van der Waals surface area contributed by atoms with E-state index in [1.807, 2.05) is 0 Å². The molecule has 0 spiro atoms. The van der Waals surface area contributed by atoms with Crippen LogP contribution in [-0.4, -0.2) is 21.7 Å². The predicted octanol–water partition coefficient (Wildman–Crippen LogP) is 2.78. The second kappa shape index (κ2) is 4.93. The lowest BCUT2D eigenvalue weighted by atomic mass is 10.3. The first kappa shape index (κ1) is 12.0. The summed E-state index contributed by atoms with van der Waals surface area (Å²) in [6, 6.07) is 4.57. The van der Waals surface area contributed by atoms with E-state index in [1.165, 1.54) is 23.5 Å². The van der Waals surface area contributed by atoms with Crippen LogP contribution in [0.3, 0.4) is 0 Å². The molecule has 2 heterocycles. The molecule has 0 atom stereocenters. The van der Waals surface area contributed by atoms with Crippen molar-refractivity contribution in [2.45, 2.75) is 13.3 Å². The van der Waals surface area contributed by atoms with Gasteiger partial charge >= 0.3 is 0 Å². The zero-order valence-corrected chi connectivity index (χ0v) is 11.0. The number of nitrogens with zero attached hydrogens (tertiary/aromatic N) is 3. The molecule has 0 bridgehead atoms. The Bertz CT molecular complexity index is 709. The molecule has 0 aliphatic rings. The predicted molar refractivity (Wildman–Crippen MR) is 70.8 cm³/mol. The molecule has 98 valence electrons. The number of nitrogens with one attached hydrogen (secondary N) is 1. The molecule has 0 saturated heterocycles. The van der Waals surface area contributed by atoms with Gasteiger partial charge in [-0.2, -0.15) is 4.98 Å². The maximum Gasteiger partial charge on any atom is 0.228 e. The van der Waals surface area contributed by atoms with Gasteiger partial charge in [0.25, 0.3) is 0 Å². The van der Waals surface area contributed by atoms with Gasteiger partial charge in [0, 0.05) is 13.0 Å². The minimum Gasteiger partial charge on any atom is -0.361 e. The van der Waals surface area contributed by atoms with E-state index in [0.717, 1.165) is 15.3 Å². The summed E-state index contributed by atoms with van der Waals surface area (Å²) in [6.07, 6.45) is 0.630. The lowest BCUT2D eigenvalue weighted by Gasteiger charge is -1.97. The zero-order chi connectivity index (χ0) is 13.2. The maximum absolute atomic E-state index is 13.1. The fourth-order valence-electron chi connectivity index (χ4n) is 1.69. The lowest BCUT2D eigenvalue weighted by molar-refractivity contribution is 0.377. The summed E-state index contributed by atoms with van der Waals surface area (Å²) in [5.74, 6) is 0.978. The van der Waals surface area contributed by atoms with Crippen LogP contribution in [0.25, 0.3) is 10.2 Å². The number of fused-ring (bicyclic) bond motifs is 1. The first-order chi connectivity index (χ1) is 9.20. The van der Waals surface area contributed by atoms with E-state index in [1.54, 1.807) is 13.0 Å². The van der Waals surface area contributed by atoms with Crippen LogP contribution in [0.5, 0.6) is 0 Å². The largest absolute Gasteiger partial charge is 0.361 e. The van der Waals surface area contributed by atoms with Crippen molar-refractivity contribution in [1.29, 1.82) is 0 Å².